The third-order valence-electron chi connectivity index (χ3n) is 0.206. The molecule has 0 saturated carbocycles. The minimum atomic E-state index is 0.162. The van der Waals surface area contributed by atoms with Crippen molar-refractivity contribution in [2.24, 2.45) is 16.1 Å². The standard InChI is InChI=1S/CH3N4Se/c2-4-1(6)5-3/h2H,3H2. The van der Waals surface area contributed by atoms with Gasteiger partial charge in [0.1, 0.15) is 0 Å². The molecule has 0 unspecified atom stereocenters. The molecule has 0 rings (SSSR count). The van der Waals surface area contributed by atoms with Crippen LogP contribution < -0.4 is 5.84 Å². The maximum atomic E-state index is 6.19. The van der Waals surface area contributed by atoms with Gasteiger partial charge in [0.05, 0.1) is 0 Å². The van der Waals surface area contributed by atoms with E-state index in [0.717, 1.165) is 0 Å². The molecule has 0 aliphatic carbocycles. The molecule has 0 amide bonds. The van der Waals surface area contributed by atoms with E-state index in [-0.39, 0.29) is 4.73 Å². The first-order valence-electron chi connectivity index (χ1n) is 1.13. The number of hydrogen-bond donors (Lipinski definition) is 2. The zero-order valence-corrected chi connectivity index (χ0v) is 4.59. The normalized spacial score (nSPS) is 11.0. The van der Waals surface area contributed by atoms with E-state index in [1.165, 1.54) is 0 Å². The summed E-state index contributed by atoms with van der Waals surface area (Å²) in [6, 6.07) is 0. The molecule has 0 atom stereocenters. The number of rotatable bonds is 0. The molecule has 0 bridgehead atoms. The third kappa shape index (κ3) is 1.87. The van der Waals surface area contributed by atoms with Gasteiger partial charge in [-0.15, -0.1) is 0 Å². The fraction of sp³-hybridized carbons (Fsp3) is 0. The molecule has 1 radical (unpaired) electrons. The Hall–Kier alpha value is -0.411. The Balaban J connectivity index is 3.50. The van der Waals surface area contributed by atoms with Gasteiger partial charge in [-0.2, -0.15) is 0 Å². The zero-order chi connectivity index (χ0) is 4.99. The van der Waals surface area contributed by atoms with Gasteiger partial charge in [0.25, 0.3) is 0 Å². The first-order chi connectivity index (χ1) is 2.81. The Bertz CT molecular complexity index is 75.6. The van der Waals surface area contributed by atoms with Gasteiger partial charge in [-0.05, 0) is 0 Å². The summed E-state index contributed by atoms with van der Waals surface area (Å²) < 4.78 is 0.162. The van der Waals surface area contributed by atoms with Crippen LogP contribution in [-0.2, 0) is 0 Å². The van der Waals surface area contributed by atoms with Gasteiger partial charge in [-0.25, -0.2) is 0 Å². The van der Waals surface area contributed by atoms with Crippen molar-refractivity contribution in [3.8, 4) is 0 Å². The molecule has 0 aromatic heterocycles. The zero-order valence-electron chi connectivity index (χ0n) is 2.88. The van der Waals surface area contributed by atoms with E-state index in [9.17, 15) is 0 Å². The van der Waals surface area contributed by atoms with Gasteiger partial charge in [0.2, 0.25) is 0 Å². The quantitative estimate of drug-likeness (QED) is 0.119. The Morgan fingerprint density at radius 2 is 2.33 bits per heavy atom. The van der Waals surface area contributed by atoms with Crippen LogP contribution in [0.5, 0.6) is 0 Å². The molecule has 6 heavy (non-hydrogen) atoms. The van der Waals surface area contributed by atoms with E-state index in [1.807, 2.05) is 0 Å². The van der Waals surface area contributed by atoms with E-state index in [0.29, 0.717) is 0 Å². The van der Waals surface area contributed by atoms with Crippen LogP contribution in [0, 0.1) is 5.53 Å². The maximum absolute atomic E-state index is 6.19. The van der Waals surface area contributed by atoms with Crippen LogP contribution in [0.4, 0.5) is 0 Å². The third-order valence-corrected chi connectivity index (χ3v) is 0.619. The summed E-state index contributed by atoms with van der Waals surface area (Å²) in [5, 5.41) is 5.84. The van der Waals surface area contributed by atoms with Crippen molar-refractivity contribution in [1.82, 2.24) is 0 Å². The SMILES string of the molecule is N=NC([Se])=NN. The summed E-state index contributed by atoms with van der Waals surface area (Å²) in [5.74, 6) is 4.63. The summed E-state index contributed by atoms with van der Waals surface area (Å²) >= 11 is 2.35. The number of nitrogens with two attached hydrogens (primary N) is 1. The van der Waals surface area contributed by atoms with Gasteiger partial charge < -0.3 is 0 Å². The topological polar surface area (TPSA) is 74.6 Å². The van der Waals surface area contributed by atoms with Crippen molar-refractivity contribution in [1.29, 1.82) is 5.53 Å². The number of amidine groups is 1. The van der Waals surface area contributed by atoms with Gasteiger partial charge in [-0.1, -0.05) is 0 Å². The molecule has 0 aromatic carbocycles. The van der Waals surface area contributed by atoms with Crippen molar-refractivity contribution in [2.75, 3.05) is 0 Å². The summed E-state index contributed by atoms with van der Waals surface area (Å²) in [4.78, 5) is 0. The van der Waals surface area contributed by atoms with Gasteiger partial charge >= 0.3 is 42.3 Å². The molecule has 0 aliphatic rings. The number of hydrazone groups is 1. The molecule has 4 nitrogen and oxygen atoms in total. The van der Waals surface area contributed by atoms with Crippen LogP contribution in [-0.4, -0.2) is 20.7 Å². The summed E-state index contributed by atoms with van der Waals surface area (Å²) in [7, 11) is 0. The molecular formula is CH3N4Se. The summed E-state index contributed by atoms with van der Waals surface area (Å²) in [5.41, 5.74) is 6.19. The van der Waals surface area contributed by atoms with Crippen molar-refractivity contribution < 1.29 is 0 Å². The molecule has 0 fully saturated rings. The molecule has 3 N–H and O–H groups in total. The van der Waals surface area contributed by atoms with E-state index in [4.69, 9.17) is 5.53 Å². The minimum absolute atomic E-state index is 0.162. The Morgan fingerprint density at radius 1 is 1.83 bits per heavy atom. The van der Waals surface area contributed by atoms with E-state index < -0.39 is 0 Å². The van der Waals surface area contributed by atoms with Crippen LogP contribution in [0.15, 0.2) is 10.2 Å². The molecular weight excluding hydrogens is 147 g/mol. The van der Waals surface area contributed by atoms with Crippen LogP contribution >= 0.6 is 0 Å². The van der Waals surface area contributed by atoms with Gasteiger partial charge in [0.15, 0.2) is 0 Å². The van der Waals surface area contributed by atoms with Crippen LogP contribution in [0.1, 0.15) is 0 Å². The van der Waals surface area contributed by atoms with E-state index in [1.54, 1.807) is 0 Å². The molecule has 0 aromatic rings. The Labute approximate surface area is 43.1 Å². The average Bonchev–Trinajstić information content (AvgIpc) is 1.65. The first-order valence-corrected chi connectivity index (χ1v) is 1.99. The number of nitrogens with one attached hydrogen (secondary N) is 1. The summed E-state index contributed by atoms with van der Waals surface area (Å²) in [6.07, 6.45) is 0. The van der Waals surface area contributed by atoms with Crippen molar-refractivity contribution in [3.63, 3.8) is 0 Å². The molecule has 5 heteroatoms. The predicted octanol–water partition coefficient (Wildman–Crippen LogP) is -0.584. The van der Waals surface area contributed by atoms with Crippen LogP contribution in [0.2, 0.25) is 0 Å². The molecule has 0 heterocycles. The molecule has 0 saturated heterocycles. The fourth-order valence-electron chi connectivity index (χ4n) is 0.0289. The van der Waals surface area contributed by atoms with Gasteiger partial charge in [0, 0.05) is 0 Å². The van der Waals surface area contributed by atoms with E-state index in [2.05, 4.69) is 32.1 Å². The number of hydrogen-bond acceptors (Lipinski definition) is 3. The van der Waals surface area contributed by atoms with Gasteiger partial charge in [-0.3, -0.25) is 0 Å². The molecule has 0 aliphatic heterocycles. The molecule has 33 valence electrons. The first kappa shape index (κ1) is 5.59. The second kappa shape index (κ2) is 2.81. The van der Waals surface area contributed by atoms with Crippen LogP contribution in [0.3, 0.4) is 0 Å². The predicted molar refractivity (Wildman–Crippen MR) is 22.5 cm³/mol. The second-order valence-corrected chi connectivity index (χ2v) is 1.29. The van der Waals surface area contributed by atoms with Crippen molar-refractivity contribution in [3.05, 3.63) is 0 Å². The summed E-state index contributed by atoms with van der Waals surface area (Å²) in [6.45, 7) is 0. The Kier molecular flexibility index (Phi) is 2.62. The monoisotopic (exact) mass is 151 g/mol. The van der Waals surface area contributed by atoms with Crippen molar-refractivity contribution in [2.45, 2.75) is 0 Å². The molecule has 0 spiro atoms. The Morgan fingerprint density at radius 3 is 2.33 bits per heavy atom. The average molecular weight is 150 g/mol. The second-order valence-electron chi connectivity index (χ2n) is 0.523. The van der Waals surface area contributed by atoms with Crippen LogP contribution in [0.25, 0.3) is 0 Å². The number of nitrogens with zero attached hydrogens (tertiary/aromatic N) is 2. The van der Waals surface area contributed by atoms with E-state index >= 15 is 0 Å². The fourth-order valence-corrected chi connectivity index (χ4v) is 0.0289. The van der Waals surface area contributed by atoms with Crippen molar-refractivity contribution >= 4 is 20.7 Å².